The van der Waals surface area contributed by atoms with Gasteiger partial charge in [0, 0.05) is 12.5 Å². The lowest BCUT2D eigenvalue weighted by atomic mass is 9.82. The van der Waals surface area contributed by atoms with Gasteiger partial charge in [-0.1, -0.05) is 0 Å². The number of isocyanates is 2. The van der Waals surface area contributed by atoms with Crippen LogP contribution in [0.4, 0.5) is 139 Å². The average Bonchev–Trinajstić information content (AvgIpc) is 3.11. The van der Waals surface area contributed by atoms with E-state index in [1.807, 2.05) is 0 Å². The zero-order valence-corrected chi connectivity index (χ0v) is 29.2. The lowest BCUT2D eigenvalue weighted by Crippen LogP contribution is -2.79. The molecule has 8 nitrogen and oxygen atoms in total. The van der Waals surface area contributed by atoms with Crippen molar-refractivity contribution in [3.05, 3.63) is 22.8 Å². The van der Waals surface area contributed by atoms with Gasteiger partial charge in [0.1, 0.15) is 0 Å². The number of nitrogens with zero attached hydrogens (tertiary/aromatic N) is 2. The van der Waals surface area contributed by atoms with E-state index in [1.54, 1.807) is 0 Å². The zero-order valence-electron chi connectivity index (χ0n) is 29.2. The number of rotatable bonds is 18. The maximum atomic E-state index is 15.6. The van der Waals surface area contributed by atoms with Crippen molar-refractivity contribution in [3.63, 3.8) is 0 Å². The third kappa shape index (κ3) is 7.50. The minimum absolute atomic E-state index is 0.136. The fourth-order valence-corrected chi connectivity index (χ4v) is 4.40. The predicted octanol–water partition coefficient (Wildman–Crippen LogP) is 10.5. The van der Waals surface area contributed by atoms with Crippen LogP contribution in [0.3, 0.4) is 0 Å². The first-order chi connectivity index (χ1) is 27.9. The van der Waals surface area contributed by atoms with E-state index in [1.165, 1.54) is 0 Å². The van der Waals surface area contributed by atoms with Crippen LogP contribution in [0, 0.1) is 6.92 Å². The molecule has 1 amide bonds. The second-order valence-corrected chi connectivity index (χ2v) is 11.9. The van der Waals surface area contributed by atoms with E-state index in [4.69, 9.17) is 0 Å². The Bertz CT molecular complexity index is 2080. The summed E-state index contributed by atoms with van der Waals surface area (Å²) < 4.78 is 412. The van der Waals surface area contributed by atoms with Crippen molar-refractivity contribution in [1.29, 1.82) is 0 Å². The van der Waals surface area contributed by atoms with Crippen molar-refractivity contribution in [2.45, 2.75) is 97.0 Å². The largest absolute Gasteiger partial charge is 0.460 e. The molecule has 0 atom stereocenters. The van der Waals surface area contributed by atoms with Crippen LogP contribution in [-0.2, 0) is 25.0 Å². The van der Waals surface area contributed by atoms with E-state index < -0.39 is 136 Å². The van der Waals surface area contributed by atoms with Gasteiger partial charge in [-0.3, -0.25) is 9.59 Å². The number of esters is 1. The second kappa shape index (κ2) is 16.1. The van der Waals surface area contributed by atoms with Gasteiger partial charge in [-0.05, 0) is 13.0 Å². The number of carbonyl (C=O) groups is 2. The van der Waals surface area contributed by atoms with Gasteiger partial charge in [-0.2, -0.15) is 137 Å². The highest BCUT2D eigenvalue weighted by atomic mass is 19.4. The van der Waals surface area contributed by atoms with Gasteiger partial charge < -0.3 is 10.1 Å². The summed E-state index contributed by atoms with van der Waals surface area (Å²) in [6, 6.07) is -0.492. The number of amides is 1. The normalized spacial score (nSPS) is 15.0. The van der Waals surface area contributed by atoms with E-state index in [0.29, 0.717) is 13.0 Å². The molecular formula is C27H10F29N3O5. The minimum Gasteiger partial charge on any atom is -0.445 e. The molecule has 0 saturated carbocycles. The summed E-state index contributed by atoms with van der Waals surface area (Å²) in [6.45, 7) is -0.995. The lowest BCUT2D eigenvalue weighted by molar-refractivity contribution is -0.487. The molecular weight excluding hydrogens is 997 g/mol. The quantitative estimate of drug-likeness (QED) is 0.0517. The van der Waals surface area contributed by atoms with Crippen LogP contribution in [0.2, 0.25) is 0 Å². The van der Waals surface area contributed by atoms with Crippen LogP contribution >= 0.6 is 0 Å². The highest BCUT2D eigenvalue weighted by Crippen LogP contribution is 2.69. The standard InChI is InChI=1S/C27H10F29N3O5/c1-7-10(57-4-60)3-9(13(63)59-6-64-8(2)62)11(12(7)58-5-61)14(28,29)15(30,31)16(32,33)17(34,35)18(36,37)19(38,39)20(40,41)21(42,43)22(44,45)23(46,47)24(48,49)25(50,51)26(52,53)27(54,55)56/h3H,6H2,1-2H3,(H,59,63). The van der Waals surface area contributed by atoms with Crippen LogP contribution in [0.5, 0.6) is 0 Å². The van der Waals surface area contributed by atoms with E-state index >= 15 is 17.6 Å². The van der Waals surface area contributed by atoms with Crippen molar-refractivity contribution >= 4 is 35.4 Å². The number of carbonyl (C=O) groups excluding carboxylic acids is 4. The Balaban J connectivity index is 4.32. The van der Waals surface area contributed by atoms with E-state index in [0.717, 1.165) is 5.32 Å². The first kappa shape index (κ1) is 56.9. The molecule has 0 fully saturated rings. The Labute approximate surface area is 329 Å². The highest BCUT2D eigenvalue weighted by molar-refractivity contribution is 5.99. The molecule has 1 N–H and O–H groups in total. The number of hydrogen-bond acceptors (Lipinski definition) is 7. The Hall–Kier alpha value is -5.11. The number of hydrogen-bond donors (Lipinski definition) is 1. The average molecular weight is 1010 g/mol. The van der Waals surface area contributed by atoms with Crippen LogP contribution in [0.1, 0.15) is 28.4 Å². The molecule has 0 heterocycles. The van der Waals surface area contributed by atoms with Crippen molar-refractivity contribution in [2.24, 2.45) is 9.98 Å². The van der Waals surface area contributed by atoms with E-state index in [2.05, 4.69) is 14.7 Å². The fourth-order valence-electron chi connectivity index (χ4n) is 4.40. The van der Waals surface area contributed by atoms with Crippen LogP contribution in [0.15, 0.2) is 16.1 Å². The first-order valence-corrected chi connectivity index (χ1v) is 14.6. The van der Waals surface area contributed by atoms with E-state index in [9.17, 15) is 129 Å². The summed E-state index contributed by atoms with van der Waals surface area (Å²) in [5.41, 5.74) is -11.6. The SMILES string of the molecule is CC(=O)OCNC(=O)c1cc(N=C=O)c(C)c(N=C=O)c1C(F)(F)C(F)(F)C(F)(F)C(F)(F)C(F)(F)C(F)(F)C(F)(F)C(F)(F)C(F)(F)C(F)(F)C(F)(F)C(F)(F)C(F)(F)C(F)(F)F. The van der Waals surface area contributed by atoms with Gasteiger partial charge in [0.2, 0.25) is 12.2 Å². The molecule has 0 radical (unpaired) electrons. The number of ether oxygens (including phenoxy) is 1. The van der Waals surface area contributed by atoms with Crippen molar-refractivity contribution in [3.8, 4) is 0 Å². The summed E-state index contributed by atoms with van der Waals surface area (Å²) in [7, 11) is 0. The summed E-state index contributed by atoms with van der Waals surface area (Å²) in [5.74, 6) is -128. The highest BCUT2D eigenvalue weighted by Gasteiger charge is 3.01. The molecule has 366 valence electrons. The minimum atomic E-state index is -10.1. The molecule has 0 aliphatic carbocycles. The number of nitrogens with one attached hydrogen (secondary N) is 1. The summed E-state index contributed by atoms with van der Waals surface area (Å²) in [6.07, 6.45) is -7.71. The molecule has 64 heavy (non-hydrogen) atoms. The Kier molecular flexibility index (Phi) is 14.3. The Morgan fingerprint density at radius 3 is 1.09 bits per heavy atom. The lowest BCUT2D eigenvalue weighted by Gasteiger charge is -2.46. The van der Waals surface area contributed by atoms with Gasteiger partial charge in [0.15, 0.2) is 6.73 Å². The molecule has 0 spiro atoms. The number of alkyl halides is 29. The third-order valence-corrected chi connectivity index (χ3v) is 8.01. The second-order valence-electron chi connectivity index (χ2n) is 11.9. The van der Waals surface area contributed by atoms with Crippen molar-refractivity contribution in [2.75, 3.05) is 6.73 Å². The number of halogens is 29. The van der Waals surface area contributed by atoms with Gasteiger partial charge in [0.05, 0.1) is 22.5 Å². The van der Waals surface area contributed by atoms with Gasteiger partial charge in [0.25, 0.3) is 5.91 Å². The van der Waals surface area contributed by atoms with Gasteiger partial charge in [-0.15, -0.1) is 0 Å². The maximum absolute atomic E-state index is 15.6. The molecule has 1 rings (SSSR count). The van der Waals surface area contributed by atoms with Gasteiger partial charge >= 0.3 is 89.1 Å². The van der Waals surface area contributed by atoms with Crippen molar-refractivity contribution < 1.29 is 151 Å². The zero-order chi connectivity index (χ0) is 51.7. The van der Waals surface area contributed by atoms with E-state index in [-0.39, 0.29) is 13.0 Å². The molecule has 37 heteroatoms. The van der Waals surface area contributed by atoms with Crippen LogP contribution < -0.4 is 5.32 Å². The molecule has 0 aliphatic rings. The number of benzene rings is 1. The van der Waals surface area contributed by atoms with Crippen LogP contribution in [-0.4, -0.2) is 108 Å². The molecule has 0 aromatic heterocycles. The molecule has 0 bridgehead atoms. The fraction of sp³-hybridized carbons (Fsp3) is 0.630. The number of aliphatic imine (C=N–C) groups is 2. The molecule has 0 unspecified atom stereocenters. The predicted molar refractivity (Wildman–Crippen MR) is 140 cm³/mol. The van der Waals surface area contributed by atoms with Gasteiger partial charge in [-0.25, -0.2) is 9.59 Å². The monoisotopic (exact) mass is 1010 g/mol. The first-order valence-electron chi connectivity index (χ1n) is 14.6. The molecule has 0 aliphatic heterocycles. The molecule has 1 aromatic rings. The maximum Gasteiger partial charge on any atom is 0.460 e. The topological polar surface area (TPSA) is 114 Å². The van der Waals surface area contributed by atoms with Crippen molar-refractivity contribution in [1.82, 2.24) is 5.32 Å². The molecule has 1 aromatic carbocycles. The smallest absolute Gasteiger partial charge is 0.445 e. The van der Waals surface area contributed by atoms with Crippen LogP contribution in [0.25, 0.3) is 0 Å². The Morgan fingerprint density at radius 1 is 0.516 bits per heavy atom. The summed E-state index contributed by atoms with van der Waals surface area (Å²) in [5, 5.41) is 1.11. The summed E-state index contributed by atoms with van der Waals surface area (Å²) in [4.78, 5) is 49.9. The third-order valence-electron chi connectivity index (χ3n) is 8.01. The summed E-state index contributed by atoms with van der Waals surface area (Å²) >= 11 is 0. The Morgan fingerprint density at radius 2 is 0.812 bits per heavy atom. The molecule has 0 saturated heterocycles.